The molecule has 0 aromatic carbocycles. The summed E-state index contributed by atoms with van der Waals surface area (Å²) in [6.07, 6.45) is 9.87. The first-order valence-electron chi connectivity index (χ1n) is 10.9. The van der Waals surface area contributed by atoms with Crippen molar-refractivity contribution >= 4 is 12.3 Å². The van der Waals surface area contributed by atoms with Gasteiger partial charge in [0.15, 0.2) is 11.5 Å². The van der Waals surface area contributed by atoms with Gasteiger partial charge in [-0.05, 0) is 62.5 Å². The second kappa shape index (κ2) is 10.6. The Labute approximate surface area is 181 Å². The van der Waals surface area contributed by atoms with Crippen LogP contribution < -0.4 is 0 Å². The lowest BCUT2D eigenvalue weighted by atomic mass is 9.83. The molecule has 3 aliphatic rings. The Hall–Kier alpha value is -1.86. The fraction of sp³-hybridized carbons (Fsp3) is 0.739. The fourth-order valence-corrected chi connectivity index (χ4v) is 4.07. The molecule has 0 radical (unpaired) electrons. The number of aldehydes is 1. The highest BCUT2D eigenvalue weighted by atomic mass is 19.3. The van der Waals surface area contributed by atoms with Gasteiger partial charge in [0.1, 0.15) is 6.29 Å². The molecule has 0 spiro atoms. The number of ether oxygens (including phenoxy) is 2. The number of hydrogen-bond donors (Lipinski definition) is 0. The van der Waals surface area contributed by atoms with Gasteiger partial charge in [-0.1, -0.05) is 26.7 Å². The Balaban J connectivity index is 0.000000316. The molecule has 2 fully saturated rings. The minimum atomic E-state index is -4.62. The molecule has 31 heavy (non-hydrogen) atoms. The van der Waals surface area contributed by atoms with Crippen molar-refractivity contribution in [2.75, 3.05) is 7.11 Å². The van der Waals surface area contributed by atoms with E-state index in [0.29, 0.717) is 36.8 Å². The molecule has 0 amide bonds. The molecule has 0 heterocycles. The standard InChI is InChI=1S/C15H18F4O3.C8H14O/c1-9-3-5-10(6-4-9)13(20)22-12-8-7-11(21-2)14(16,17)15(12,18)19;1-7-2-4-8(6-9)5-3-7/h7-10H,3-6H2,1-2H3;6-8H,2-5H2,1H3. The van der Waals surface area contributed by atoms with Gasteiger partial charge in [-0.2, -0.15) is 17.6 Å². The number of hydrogen-bond acceptors (Lipinski definition) is 4. The first kappa shape index (κ1) is 25.4. The van der Waals surface area contributed by atoms with Crippen LogP contribution in [0.15, 0.2) is 23.7 Å². The molecule has 3 rings (SSSR count). The average Bonchev–Trinajstić information content (AvgIpc) is 2.73. The molecular formula is C23H32F4O4. The summed E-state index contributed by atoms with van der Waals surface area (Å²) >= 11 is 0. The topological polar surface area (TPSA) is 52.6 Å². The number of halogens is 4. The molecular weight excluding hydrogens is 416 g/mol. The third kappa shape index (κ3) is 6.10. The van der Waals surface area contributed by atoms with Gasteiger partial charge in [0.05, 0.1) is 13.0 Å². The fourth-order valence-electron chi connectivity index (χ4n) is 4.07. The van der Waals surface area contributed by atoms with Crippen LogP contribution in [0.4, 0.5) is 17.6 Å². The van der Waals surface area contributed by atoms with E-state index >= 15 is 0 Å². The van der Waals surface area contributed by atoms with Crippen LogP contribution in [-0.2, 0) is 19.1 Å². The van der Waals surface area contributed by atoms with Gasteiger partial charge >= 0.3 is 17.8 Å². The summed E-state index contributed by atoms with van der Waals surface area (Å²) in [6.45, 7) is 4.30. The maximum absolute atomic E-state index is 13.9. The van der Waals surface area contributed by atoms with E-state index in [4.69, 9.17) is 0 Å². The molecule has 8 heteroatoms. The van der Waals surface area contributed by atoms with E-state index in [1.165, 1.54) is 12.8 Å². The summed E-state index contributed by atoms with van der Waals surface area (Å²) < 4.78 is 63.9. The van der Waals surface area contributed by atoms with Crippen molar-refractivity contribution in [3.05, 3.63) is 23.7 Å². The number of rotatable bonds is 4. The zero-order chi connectivity index (χ0) is 23.2. The van der Waals surface area contributed by atoms with Gasteiger partial charge in [-0.25, -0.2) is 0 Å². The van der Waals surface area contributed by atoms with Crippen molar-refractivity contribution in [2.24, 2.45) is 23.7 Å². The predicted octanol–water partition coefficient (Wildman–Crippen LogP) is 6.07. The highest BCUT2D eigenvalue weighted by molar-refractivity contribution is 5.74. The third-order valence-corrected chi connectivity index (χ3v) is 6.43. The van der Waals surface area contributed by atoms with E-state index in [-0.39, 0.29) is 0 Å². The van der Waals surface area contributed by atoms with Crippen LogP contribution in [0.5, 0.6) is 0 Å². The molecule has 0 atom stereocenters. The van der Waals surface area contributed by atoms with E-state index in [1.807, 2.05) is 6.92 Å². The summed E-state index contributed by atoms with van der Waals surface area (Å²) in [5, 5.41) is 0. The normalized spacial score (nSPS) is 31.8. The smallest absolute Gasteiger partial charge is 0.374 e. The van der Waals surface area contributed by atoms with Gasteiger partial charge in [-0.15, -0.1) is 0 Å². The second-order valence-electron chi connectivity index (χ2n) is 8.95. The molecule has 0 saturated heterocycles. The van der Waals surface area contributed by atoms with Crippen molar-refractivity contribution in [3.63, 3.8) is 0 Å². The molecule has 2 saturated carbocycles. The Morgan fingerprint density at radius 1 is 0.871 bits per heavy atom. The molecule has 0 N–H and O–H groups in total. The van der Waals surface area contributed by atoms with Crippen LogP contribution in [0, 0.1) is 23.7 Å². The van der Waals surface area contributed by atoms with Crippen molar-refractivity contribution in [1.29, 1.82) is 0 Å². The van der Waals surface area contributed by atoms with Crippen LogP contribution in [0.3, 0.4) is 0 Å². The van der Waals surface area contributed by atoms with Crippen molar-refractivity contribution in [1.82, 2.24) is 0 Å². The molecule has 0 aromatic rings. The average molecular weight is 448 g/mol. The number of alkyl halides is 4. The lowest BCUT2D eigenvalue weighted by molar-refractivity contribution is -0.205. The maximum atomic E-state index is 13.9. The van der Waals surface area contributed by atoms with Gasteiger partial charge in [0, 0.05) is 5.92 Å². The zero-order valence-corrected chi connectivity index (χ0v) is 18.3. The molecule has 0 bridgehead atoms. The number of carbonyl (C=O) groups is 2. The number of methoxy groups -OCH3 is 1. The largest absolute Gasteiger partial charge is 0.495 e. The van der Waals surface area contributed by atoms with Crippen molar-refractivity contribution in [2.45, 2.75) is 77.1 Å². The third-order valence-electron chi connectivity index (χ3n) is 6.43. The highest BCUT2D eigenvalue weighted by Crippen LogP contribution is 2.48. The van der Waals surface area contributed by atoms with E-state index < -0.39 is 35.3 Å². The highest BCUT2D eigenvalue weighted by Gasteiger charge is 2.65. The van der Waals surface area contributed by atoms with Gasteiger partial charge in [0.2, 0.25) is 0 Å². The summed E-state index contributed by atoms with van der Waals surface area (Å²) in [4.78, 5) is 22.2. The SMILES string of the molecule is CC1CCC(C=O)CC1.COC1=CC=C(OC(=O)C2CCC(C)CC2)C(F)(F)C1(F)F. The number of carbonyl (C=O) groups excluding carboxylic acids is 2. The molecule has 176 valence electrons. The number of esters is 1. The van der Waals surface area contributed by atoms with Gasteiger partial charge in [-0.3, -0.25) is 4.79 Å². The first-order chi connectivity index (χ1) is 14.5. The van der Waals surface area contributed by atoms with E-state index in [1.54, 1.807) is 0 Å². The van der Waals surface area contributed by atoms with E-state index in [0.717, 1.165) is 45.0 Å². The Morgan fingerprint density at radius 3 is 1.81 bits per heavy atom. The molecule has 0 aliphatic heterocycles. The minimum absolute atomic E-state index is 0.390. The zero-order valence-electron chi connectivity index (χ0n) is 18.3. The van der Waals surface area contributed by atoms with Gasteiger partial charge < -0.3 is 14.3 Å². The Kier molecular flexibility index (Phi) is 8.72. The quantitative estimate of drug-likeness (QED) is 0.298. The van der Waals surface area contributed by atoms with Crippen LogP contribution in [0.2, 0.25) is 0 Å². The van der Waals surface area contributed by atoms with Crippen molar-refractivity contribution < 1.29 is 36.6 Å². The lowest BCUT2D eigenvalue weighted by Gasteiger charge is -2.32. The van der Waals surface area contributed by atoms with Crippen LogP contribution in [0.25, 0.3) is 0 Å². The molecule has 3 aliphatic carbocycles. The maximum Gasteiger partial charge on any atom is 0.374 e. The summed E-state index contributed by atoms with van der Waals surface area (Å²) in [5.41, 5.74) is 0. The van der Waals surface area contributed by atoms with Crippen LogP contribution in [0.1, 0.15) is 65.2 Å². The number of allylic oxidation sites excluding steroid dienone is 4. The first-order valence-corrected chi connectivity index (χ1v) is 10.9. The molecule has 0 aromatic heterocycles. The Morgan fingerprint density at radius 2 is 1.32 bits per heavy atom. The van der Waals surface area contributed by atoms with E-state index in [2.05, 4.69) is 16.4 Å². The summed E-state index contributed by atoms with van der Waals surface area (Å²) in [7, 11) is 0.879. The van der Waals surface area contributed by atoms with Crippen molar-refractivity contribution in [3.8, 4) is 0 Å². The lowest BCUT2D eigenvalue weighted by Crippen LogP contribution is -2.47. The minimum Gasteiger partial charge on any atom is -0.495 e. The summed E-state index contributed by atoms with van der Waals surface area (Å²) in [5.74, 6) is -11.3. The van der Waals surface area contributed by atoms with E-state index in [9.17, 15) is 27.2 Å². The monoisotopic (exact) mass is 448 g/mol. The molecule has 4 nitrogen and oxygen atoms in total. The van der Waals surface area contributed by atoms with Crippen LogP contribution in [-0.4, -0.2) is 31.2 Å². The second-order valence-corrected chi connectivity index (χ2v) is 8.95. The Bertz CT molecular complexity index is 686. The van der Waals surface area contributed by atoms with Crippen LogP contribution >= 0.6 is 0 Å². The molecule has 0 unspecified atom stereocenters. The van der Waals surface area contributed by atoms with Gasteiger partial charge in [0.25, 0.3) is 0 Å². The summed E-state index contributed by atoms with van der Waals surface area (Å²) in [6, 6.07) is 0. The predicted molar refractivity (Wildman–Crippen MR) is 107 cm³/mol.